The molecule has 0 spiro atoms. The van der Waals surface area contributed by atoms with Crippen LogP contribution in [0, 0.1) is 13.8 Å². The fourth-order valence-corrected chi connectivity index (χ4v) is 4.12. The summed E-state index contributed by atoms with van der Waals surface area (Å²) in [5.41, 5.74) is 1.16. The van der Waals surface area contributed by atoms with E-state index < -0.39 is 0 Å². The van der Waals surface area contributed by atoms with Crippen LogP contribution in [0.1, 0.15) is 30.1 Å². The number of benzene rings is 1. The average molecular weight is 403 g/mol. The highest BCUT2D eigenvalue weighted by atomic mass is 32.1. The summed E-state index contributed by atoms with van der Waals surface area (Å²) in [7, 11) is 3.25. The fraction of sp³-hybridized carbons (Fsp3) is 0.429. The molecule has 6 nitrogen and oxygen atoms in total. The topological polar surface area (TPSA) is 57.9 Å². The molecule has 3 rings (SSSR count). The molecule has 0 aliphatic carbocycles. The third-order valence-electron chi connectivity index (χ3n) is 4.99. The Morgan fingerprint density at radius 1 is 0.929 bits per heavy atom. The minimum absolute atomic E-state index is 0.587. The maximum atomic E-state index is 6.25. The number of quaternary nitrogens is 1. The lowest BCUT2D eigenvalue weighted by Gasteiger charge is -2.15. The zero-order chi connectivity index (χ0) is 20.3. The van der Waals surface area contributed by atoms with Gasteiger partial charge in [0.15, 0.2) is 5.82 Å². The van der Waals surface area contributed by atoms with Crippen LogP contribution in [-0.2, 0) is 6.54 Å². The molecule has 0 aliphatic rings. The number of ether oxygens (including phenoxy) is 3. The van der Waals surface area contributed by atoms with Crippen LogP contribution in [0.5, 0.6) is 23.1 Å². The molecular formula is C21H28N3O3S+. The molecule has 0 fully saturated rings. The van der Waals surface area contributed by atoms with E-state index in [1.165, 1.54) is 9.78 Å². The first-order valence-electron chi connectivity index (χ1n) is 9.50. The molecule has 0 atom stereocenters. The molecule has 0 aliphatic heterocycles. The Balaban J connectivity index is 2.08. The van der Waals surface area contributed by atoms with Gasteiger partial charge in [-0.1, -0.05) is 0 Å². The Labute approximate surface area is 170 Å². The highest BCUT2D eigenvalue weighted by Gasteiger charge is 2.19. The molecule has 0 saturated carbocycles. The molecule has 0 bridgehead atoms. The first-order valence-corrected chi connectivity index (χ1v) is 10.3. The minimum atomic E-state index is 0.587. The number of aromatic nitrogens is 2. The van der Waals surface area contributed by atoms with Crippen molar-refractivity contribution in [1.82, 2.24) is 9.97 Å². The minimum Gasteiger partial charge on any atom is -0.496 e. The summed E-state index contributed by atoms with van der Waals surface area (Å²) in [5, 5.41) is 0.975. The highest BCUT2D eigenvalue weighted by Crippen LogP contribution is 2.38. The maximum Gasteiger partial charge on any atom is 0.231 e. The predicted octanol–water partition coefficient (Wildman–Crippen LogP) is 3.54. The molecule has 3 aromatic rings. The normalized spacial score (nSPS) is 11.2. The van der Waals surface area contributed by atoms with E-state index in [4.69, 9.17) is 24.2 Å². The molecule has 0 saturated heterocycles. The van der Waals surface area contributed by atoms with Gasteiger partial charge in [0.25, 0.3) is 0 Å². The lowest BCUT2D eigenvalue weighted by Crippen LogP contribution is -3.10. The molecular weight excluding hydrogens is 374 g/mol. The third kappa shape index (κ3) is 4.20. The Hall–Kier alpha value is -2.38. The Morgan fingerprint density at radius 2 is 1.54 bits per heavy atom. The van der Waals surface area contributed by atoms with Crippen molar-refractivity contribution in [1.29, 1.82) is 0 Å². The van der Waals surface area contributed by atoms with Crippen LogP contribution in [0.2, 0.25) is 0 Å². The van der Waals surface area contributed by atoms with Gasteiger partial charge in [0.05, 0.1) is 32.7 Å². The van der Waals surface area contributed by atoms with E-state index >= 15 is 0 Å². The van der Waals surface area contributed by atoms with Crippen LogP contribution in [0.4, 0.5) is 0 Å². The monoisotopic (exact) mass is 402 g/mol. The molecule has 7 heteroatoms. The van der Waals surface area contributed by atoms with Gasteiger partial charge in [-0.3, -0.25) is 0 Å². The van der Waals surface area contributed by atoms with Gasteiger partial charge >= 0.3 is 0 Å². The Kier molecular flexibility index (Phi) is 6.36. The number of rotatable bonds is 8. The van der Waals surface area contributed by atoms with Crippen molar-refractivity contribution >= 4 is 21.6 Å². The van der Waals surface area contributed by atoms with Crippen LogP contribution in [0.25, 0.3) is 10.2 Å². The average Bonchev–Trinajstić information content (AvgIpc) is 2.99. The molecule has 28 heavy (non-hydrogen) atoms. The quantitative estimate of drug-likeness (QED) is 0.625. The number of thiophene rings is 1. The van der Waals surface area contributed by atoms with Crippen LogP contribution in [-0.4, -0.2) is 37.3 Å². The molecule has 1 aromatic carbocycles. The number of hydrogen-bond acceptors (Lipinski definition) is 6. The van der Waals surface area contributed by atoms with E-state index in [1.54, 1.807) is 25.6 Å². The highest BCUT2D eigenvalue weighted by molar-refractivity contribution is 7.18. The number of aryl methyl sites for hydroxylation is 2. The summed E-state index contributed by atoms with van der Waals surface area (Å²) in [6, 6.07) is 5.48. The van der Waals surface area contributed by atoms with Crippen molar-refractivity contribution < 1.29 is 19.1 Å². The number of fused-ring (bicyclic) bond motifs is 1. The van der Waals surface area contributed by atoms with Gasteiger partial charge in [-0.05, 0) is 33.3 Å². The second-order valence-corrected chi connectivity index (χ2v) is 7.90. The molecule has 1 N–H and O–H groups in total. The van der Waals surface area contributed by atoms with Crippen LogP contribution < -0.4 is 19.1 Å². The van der Waals surface area contributed by atoms with Gasteiger partial charge in [0.1, 0.15) is 28.6 Å². The van der Waals surface area contributed by atoms with Crippen LogP contribution in [0.15, 0.2) is 18.2 Å². The summed E-state index contributed by atoms with van der Waals surface area (Å²) >= 11 is 1.69. The van der Waals surface area contributed by atoms with Crippen molar-refractivity contribution in [3.63, 3.8) is 0 Å². The zero-order valence-electron chi connectivity index (χ0n) is 17.4. The SMILES string of the molecule is CC[NH+](CC)Cc1nc(Oc2cc(OC)cc(OC)c2)c2c(C)c(C)sc2n1. The first kappa shape index (κ1) is 20.4. The maximum absolute atomic E-state index is 6.25. The molecule has 150 valence electrons. The van der Waals surface area contributed by atoms with Gasteiger partial charge in [-0.2, -0.15) is 4.98 Å². The van der Waals surface area contributed by atoms with Crippen molar-refractivity contribution in [3.8, 4) is 23.1 Å². The first-order chi connectivity index (χ1) is 13.5. The summed E-state index contributed by atoms with van der Waals surface area (Å²) in [4.78, 5) is 13.2. The smallest absolute Gasteiger partial charge is 0.231 e. The number of hydrogen-bond donors (Lipinski definition) is 1. The van der Waals surface area contributed by atoms with Gasteiger partial charge in [0, 0.05) is 23.1 Å². The van der Waals surface area contributed by atoms with E-state index in [2.05, 4.69) is 27.7 Å². The summed E-state index contributed by atoms with van der Waals surface area (Å²) in [6.45, 7) is 11.4. The second kappa shape index (κ2) is 8.75. The van der Waals surface area contributed by atoms with Crippen molar-refractivity contribution in [3.05, 3.63) is 34.5 Å². The predicted molar refractivity (Wildman–Crippen MR) is 112 cm³/mol. The number of nitrogens with one attached hydrogen (secondary N) is 1. The summed E-state index contributed by atoms with van der Waals surface area (Å²) in [5.74, 6) is 3.36. The van der Waals surface area contributed by atoms with E-state index in [-0.39, 0.29) is 0 Å². The molecule has 0 amide bonds. The fourth-order valence-electron chi connectivity index (χ4n) is 3.08. The lowest BCUT2D eigenvalue weighted by molar-refractivity contribution is -0.910. The molecule has 2 aromatic heterocycles. The second-order valence-electron chi connectivity index (χ2n) is 6.69. The lowest BCUT2D eigenvalue weighted by atomic mass is 10.2. The Bertz CT molecular complexity index is 945. The molecule has 2 heterocycles. The van der Waals surface area contributed by atoms with Crippen molar-refractivity contribution in [2.45, 2.75) is 34.2 Å². The number of methoxy groups -OCH3 is 2. The van der Waals surface area contributed by atoms with Crippen LogP contribution >= 0.6 is 11.3 Å². The number of nitrogens with zero attached hydrogens (tertiary/aromatic N) is 2. The van der Waals surface area contributed by atoms with E-state index in [0.29, 0.717) is 23.1 Å². The van der Waals surface area contributed by atoms with E-state index in [0.717, 1.165) is 41.2 Å². The summed E-state index contributed by atoms with van der Waals surface area (Å²) in [6.07, 6.45) is 0. The standard InChI is InChI=1S/C21H27N3O3S/c1-7-24(8-2)12-18-22-20(19-13(3)14(4)28-21(19)23-18)27-17-10-15(25-5)9-16(11-17)26-6/h9-11H,7-8,12H2,1-6H3/p+1. The summed E-state index contributed by atoms with van der Waals surface area (Å²) < 4.78 is 17.0. The van der Waals surface area contributed by atoms with Gasteiger partial charge in [-0.25, -0.2) is 4.98 Å². The van der Waals surface area contributed by atoms with Gasteiger partial charge in [0.2, 0.25) is 5.88 Å². The van der Waals surface area contributed by atoms with Crippen LogP contribution in [0.3, 0.4) is 0 Å². The molecule has 0 radical (unpaired) electrons. The van der Waals surface area contributed by atoms with Crippen molar-refractivity contribution in [2.75, 3.05) is 27.3 Å². The van der Waals surface area contributed by atoms with E-state index in [1.807, 2.05) is 18.2 Å². The largest absolute Gasteiger partial charge is 0.496 e. The van der Waals surface area contributed by atoms with Gasteiger partial charge in [-0.15, -0.1) is 11.3 Å². The molecule has 0 unspecified atom stereocenters. The van der Waals surface area contributed by atoms with Crippen molar-refractivity contribution in [2.24, 2.45) is 0 Å². The Morgan fingerprint density at radius 3 is 2.11 bits per heavy atom. The zero-order valence-corrected chi connectivity index (χ0v) is 18.2. The van der Waals surface area contributed by atoms with E-state index in [9.17, 15) is 0 Å². The van der Waals surface area contributed by atoms with Gasteiger partial charge < -0.3 is 19.1 Å². The third-order valence-corrected chi connectivity index (χ3v) is 6.09.